The minimum absolute atomic E-state index is 0.345. The lowest BCUT2D eigenvalue weighted by atomic mass is 10.0. The van der Waals surface area contributed by atoms with Gasteiger partial charge in [-0.05, 0) is 12.5 Å². The number of nitrogens with two attached hydrogens (primary N) is 1. The summed E-state index contributed by atoms with van der Waals surface area (Å²) in [7, 11) is 0. The van der Waals surface area contributed by atoms with Crippen molar-refractivity contribution in [1.82, 2.24) is 4.98 Å². The molecule has 0 saturated heterocycles. The van der Waals surface area contributed by atoms with E-state index in [1.54, 1.807) is 24.5 Å². The van der Waals surface area contributed by atoms with Gasteiger partial charge < -0.3 is 10.5 Å². The van der Waals surface area contributed by atoms with E-state index in [-0.39, 0.29) is 6.04 Å². The van der Waals surface area contributed by atoms with Gasteiger partial charge in [0, 0.05) is 24.0 Å². The summed E-state index contributed by atoms with van der Waals surface area (Å²) in [6, 6.07) is 3.11. The van der Waals surface area contributed by atoms with Crippen LogP contribution >= 0.6 is 0 Å². The number of alkyl halides is 3. The molecule has 1 aromatic heterocycles. The van der Waals surface area contributed by atoms with Crippen molar-refractivity contribution in [3.63, 3.8) is 0 Å². The normalized spacial score (nSPS) is 15.4. The Labute approximate surface area is 104 Å². The predicted molar refractivity (Wildman–Crippen MR) is 61.9 cm³/mol. The summed E-state index contributed by atoms with van der Waals surface area (Å²) in [5.41, 5.74) is 6.57. The molecule has 2 atom stereocenters. The van der Waals surface area contributed by atoms with Gasteiger partial charge in [0.05, 0.1) is 19.1 Å². The topological polar surface area (TPSA) is 48.1 Å². The smallest absolute Gasteiger partial charge is 0.371 e. The Morgan fingerprint density at radius 1 is 1.44 bits per heavy atom. The Morgan fingerprint density at radius 2 is 2.17 bits per heavy atom. The van der Waals surface area contributed by atoms with E-state index in [4.69, 9.17) is 10.5 Å². The molecule has 6 heteroatoms. The molecule has 0 radical (unpaired) electrons. The molecule has 0 fully saturated rings. The van der Waals surface area contributed by atoms with Crippen LogP contribution in [0.4, 0.5) is 13.2 Å². The fourth-order valence-corrected chi connectivity index (χ4v) is 1.53. The summed E-state index contributed by atoms with van der Waals surface area (Å²) in [5.74, 6) is 0. The number of aromatic nitrogens is 1. The number of halogens is 3. The van der Waals surface area contributed by atoms with E-state index >= 15 is 0 Å². The maximum atomic E-state index is 12.1. The van der Waals surface area contributed by atoms with E-state index in [1.807, 2.05) is 6.92 Å². The third kappa shape index (κ3) is 5.01. The molecule has 0 saturated carbocycles. The van der Waals surface area contributed by atoms with Crippen molar-refractivity contribution < 1.29 is 17.9 Å². The van der Waals surface area contributed by atoms with Gasteiger partial charge >= 0.3 is 6.18 Å². The van der Waals surface area contributed by atoms with E-state index in [0.717, 1.165) is 0 Å². The molecule has 0 aliphatic carbocycles. The highest BCUT2D eigenvalue weighted by atomic mass is 19.4. The average molecular weight is 262 g/mol. The Morgan fingerprint density at radius 3 is 2.67 bits per heavy atom. The van der Waals surface area contributed by atoms with Gasteiger partial charge in [-0.2, -0.15) is 13.2 Å². The highest BCUT2D eigenvalue weighted by Gasteiger charge is 2.28. The van der Waals surface area contributed by atoms with Crippen molar-refractivity contribution in [3.8, 4) is 0 Å². The van der Waals surface area contributed by atoms with Gasteiger partial charge in [-0.25, -0.2) is 0 Å². The molecular formula is C12H17F3N2O. The zero-order valence-electron chi connectivity index (χ0n) is 10.2. The maximum Gasteiger partial charge on any atom is 0.391 e. The second kappa shape index (κ2) is 6.70. The van der Waals surface area contributed by atoms with E-state index in [1.165, 1.54) is 0 Å². The molecule has 3 nitrogen and oxygen atoms in total. The summed E-state index contributed by atoms with van der Waals surface area (Å²) in [4.78, 5) is 3.92. The fraction of sp³-hybridized carbons (Fsp3) is 0.583. The fourth-order valence-electron chi connectivity index (χ4n) is 1.53. The highest BCUT2D eigenvalue weighted by molar-refractivity contribution is 5.14. The van der Waals surface area contributed by atoms with Crippen molar-refractivity contribution in [2.45, 2.75) is 38.1 Å². The van der Waals surface area contributed by atoms with Crippen molar-refractivity contribution in [2.24, 2.45) is 5.73 Å². The Kier molecular flexibility index (Phi) is 5.55. The molecule has 0 bridgehead atoms. The zero-order valence-corrected chi connectivity index (χ0v) is 10.2. The summed E-state index contributed by atoms with van der Waals surface area (Å²) < 4.78 is 41.5. The maximum absolute atomic E-state index is 12.1. The number of hydrogen-bond donors (Lipinski definition) is 1. The van der Waals surface area contributed by atoms with Crippen molar-refractivity contribution in [3.05, 3.63) is 30.1 Å². The SMILES string of the molecule is CCC(N)C(OCCC(F)(F)F)c1cccnc1. The number of pyridine rings is 1. The molecule has 1 aromatic rings. The molecule has 2 unspecified atom stereocenters. The average Bonchev–Trinajstić information content (AvgIpc) is 2.33. The molecular weight excluding hydrogens is 245 g/mol. The Hall–Kier alpha value is -1.14. The summed E-state index contributed by atoms with van der Waals surface area (Å²) >= 11 is 0. The lowest BCUT2D eigenvalue weighted by molar-refractivity contribution is -0.150. The molecule has 102 valence electrons. The summed E-state index contributed by atoms with van der Waals surface area (Å²) in [6.07, 6.45) is -1.96. The van der Waals surface area contributed by atoms with E-state index in [2.05, 4.69) is 4.98 Å². The standard InChI is InChI=1S/C12H17F3N2O/c1-2-10(16)11(9-4-3-6-17-8-9)18-7-5-12(13,14)15/h3-4,6,8,10-11H,2,5,7,16H2,1H3. The van der Waals surface area contributed by atoms with E-state index < -0.39 is 25.3 Å². The van der Waals surface area contributed by atoms with Crippen molar-refractivity contribution in [1.29, 1.82) is 0 Å². The minimum Gasteiger partial charge on any atom is -0.371 e. The van der Waals surface area contributed by atoms with Gasteiger partial charge in [-0.1, -0.05) is 13.0 Å². The van der Waals surface area contributed by atoms with Crippen molar-refractivity contribution in [2.75, 3.05) is 6.61 Å². The van der Waals surface area contributed by atoms with Crippen LogP contribution in [0.15, 0.2) is 24.5 Å². The largest absolute Gasteiger partial charge is 0.391 e. The molecule has 0 aromatic carbocycles. The Balaban J connectivity index is 2.63. The first-order valence-electron chi connectivity index (χ1n) is 5.78. The summed E-state index contributed by atoms with van der Waals surface area (Å²) in [5, 5.41) is 0. The second-order valence-electron chi connectivity index (χ2n) is 4.02. The van der Waals surface area contributed by atoms with Gasteiger partial charge in [0.1, 0.15) is 0 Å². The second-order valence-corrected chi connectivity index (χ2v) is 4.02. The minimum atomic E-state index is -4.21. The third-order valence-corrected chi connectivity index (χ3v) is 2.56. The first kappa shape index (κ1) is 14.9. The first-order valence-corrected chi connectivity index (χ1v) is 5.78. The van der Waals surface area contributed by atoms with Crippen LogP contribution < -0.4 is 5.73 Å². The molecule has 1 heterocycles. The van der Waals surface area contributed by atoms with Gasteiger partial charge in [0.15, 0.2) is 0 Å². The van der Waals surface area contributed by atoms with Crippen LogP contribution in [0.1, 0.15) is 31.4 Å². The number of nitrogens with zero attached hydrogens (tertiary/aromatic N) is 1. The third-order valence-electron chi connectivity index (χ3n) is 2.56. The number of ether oxygens (including phenoxy) is 1. The number of hydrogen-bond acceptors (Lipinski definition) is 3. The van der Waals surface area contributed by atoms with Gasteiger partial charge in [0.25, 0.3) is 0 Å². The quantitative estimate of drug-likeness (QED) is 0.857. The molecule has 0 spiro atoms. The van der Waals surface area contributed by atoms with Crippen LogP contribution in [0, 0.1) is 0 Å². The molecule has 0 aliphatic heterocycles. The van der Waals surface area contributed by atoms with Crippen molar-refractivity contribution >= 4 is 0 Å². The van der Waals surface area contributed by atoms with Crippen LogP contribution in [0.25, 0.3) is 0 Å². The summed E-state index contributed by atoms with van der Waals surface area (Å²) in [6.45, 7) is 1.47. The zero-order chi connectivity index (χ0) is 13.6. The number of rotatable bonds is 6. The molecule has 0 aliphatic rings. The first-order chi connectivity index (χ1) is 8.44. The lowest BCUT2D eigenvalue weighted by Crippen LogP contribution is -2.30. The van der Waals surface area contributed by atoms with Crippen LogP contribution in [-0.2, 0) is 4.74 Å². The monoisotopic (exact) mass is 262 g/mol. The molecule has 0 amide bonds. The van der Waals surface area contributed by atoms with Crippen LogP contribution in [-0.4, -0.2) is 23.8 Å². The van der Waals surface area contributed by atoms with Gasteiger partial charge in [-0.3, -0.25) is 4.98 Å². The molecule has 1 rings (SSSR count). The van der Waals surface area contributed by atoms with Gasteiger partial charge in [0.2, 0.25) is 0 Å². The highest BCUT2D eigenvalue weighted by Crippen LogP contribution is 2.24. The predicted octanol–water partition coefficient (Wildman–Crippen LogP) is 2.83. The van der Waals surface area contributed by atoms with Crippen LogP contribution in [0.2, 0.25) is 0 Å². The molecule has 2 N–H and O–H groups in total. The van der Waals surface area contributed by atoms with Crippen LogP contribution in [0.5, 0.6) is 0 Å². The Bertz CT molecular complexity index is 343. The van der Waals surface area contributed by atoms with Gasteiger partial charge in [-0.15, -0.1) is 0 Å². The molecule has 18 heavy (non-hydrogen) atoms. The van der Waals surface area contributed by atoms with Crippen LogP contribution in [0.3, 0.4) is 0 Å². The van der Waals surface area contributed by atoms with E-state index in [9.17, 15) is 13.2 Å². The lowest BCUT2D eigenvalue weighted by Gasteiger charge is -2.23. The van der Waals surface area contributed by atoms with E-state index in [0.29, 0.717) is 12.0 Å².